The van der Waals surface area contributed by atoms with Crippen LogP contribution in [0, 0.1) is 0 Å². The van der Waals surface area contributed by atoms with Crippen molar-refractivity contribution >= 4 is 7.82 Å². The molecule has 0 aliphatic carbocycles. The van der Waals surface area contributed by atoms with Crippen LogP contribution < -0.4 is 0 Å². The summed E-state index contributed by atoms with van der Waals surface area (Å²) in [6, 6.07) is 0. The molecule has 0 aromatic heterocycles. The molecule has 0 aromatic rings. The van der Waals surface area contributed by atoms with Crippen molar-refractivity contribution in [1.82, 2.24) is 0 Å². The Balaban J connectivity index is 3.24. The Hall–Kier alpha value is 0.110. The maximum atomic E-state index is 12.1. The monoisotopic (exact) mass is 715 g/mol. The molecule has 0 rings (SSSR count). The number of hydrogen-bond acceptors (Lipinski definition) is 3. The van der Waals surface area contributed by atoms with Crippen molar-refractivity contribution in [2.24, 2.45) is 0 Å². The summed E-state index contributed by atoms with van der Waals surface area (Å²) >= 11 is 0. The van der Waals surface area contributed by atoms with Crippen LogP contribution in [0.1, 0.15) is 271 Å². The average Bonchev–Trinajstić information content (AvgIpc) is 3.09. The van der Waals surface area contributed by atoms with Crippen LogP contribution in [0.25, 0.3) is 0 Å². The van der Waals surface area contributed by atoms with Gasteiger partial charge in [-0.05, 0) is 12.8 Å². The Labute approximate surface area is 309 Å². The molecule has 0 atom stereocenters. The maximum Gasteiger partial charge on any atom is 0.472 e. The summed E-state index contributed by atoms with van der Waals surface area (Å²) in [5.41, 5.74) is 0. The third-order valence-corrected chi connectivity index (χ3v) is 11.5. The van der Waals surface area contributed by atoms with Gasteiger partial charge in [0.1, 0.15) is 0 Å². The van der Waals surface area contributed by atoms with Crippen LogP contribution in [-0.4, -0.2) is 18.1 Å². The maximum absolute atomic E-state index is 12.1. The Morgan fingerprint density at radius 1 is 0.286 bits per heavy atom. The van der Waals surface area contributed by atoms with Crippen LogP contribution in [-0.2, 0) is 13.6 Å². The lowest BCUT2D eigenvalue weighted by Gasteiger charge is -2.12. The van der Waals surface area contributed by atoms with E-state index in [1.165, 1.54) is 231 Å². The predicted molar refractivity (Wildman–Crippen MR) is 218 cm³/mol. The quantitative estimate of drug-likeness (QED) is 0.0504. The summed E-state index contributed by atoms with van der Waals surface area (Å²) in [6.45, 7) is 5.23. The molecule has 0 spiro atoms. The van der Waals surface area contributed by atoms with Gasteiger partial charge in [0.25, 0.3) is 0 Å². The minimum absolute atomic E-state index is 0.325. The molecule has 0 heterocycles. The standard InChI is InChI=1S/C44H91O4P/c1-3-5-7-9-11-13-15-17-19-21-23-25-27-29-31-33-35-37-39-41-43-47-49(45,46)48-44-42-40-38-36-34-32-30-28-26-24-22-20-18-16-14-12-10-8-6-4-2/h3-44H2,1-2H3,(H,45,46). The summed E-state index contributed by atoms with van der Waals surface area (Å²) in [4.78, 5) is 9.94. The van der Waals surface area contributed by atoms with Gasteiger partial charge in [0.15, 0.2) is 0 Å². The summed E-state index contributed by atoms with van der Waals surface area (Å²) in [6.07, 6.45) is 54.0. The smallest absolute Gasteiger partial charge is 0.302 e. The van der Waals surface area contributed by atoms with Gasteiger partial charge in [-0.2, -0.15) is 0 Å². The first-order valence-corrected chi connectivity index (χ1v) is 24.2. The van der Waals surface area contributed by atoms with Crippen LogP contribution in [0.3, 0.4) is 0 Å². The molecule has 0 unspecified atom stereocenters. The van der Waals surface area contributed by atoms with Crippen molar-refractivity contribution in [3.63, 3.8) is 0 Å². The number of hydrogen-bond donors (Lipinski definition) is 1. The molecule has 49 heavy (non-hydrogen) atoms. The van der Waals surface area contributed by atoms with Crippen molar-refractivity contribution in [3.05, 3.63) is 0 Å². The molecule has 0 saturated carbocycles. The predicted octanol–water partition coefficient (Wildman–Crippen LogP) is 16.8. The van der Waals surface area contributed by atoms with E-state index >= 15 is 0 Å². The highest BCUT2D eigenvalue weighted by molar-refractivity contribution is 7.47. The molecule has 0 amide bonds. The van der Waals surface area contributed by atoms with Gasteiger partial charge >= 0.3 is 7.82 Å². The van der Waals surface area contributed by atoms with Crippen LogP contribution in [0.15, 0.2) is 0 Å². The normalized spacial score (nSPS) is 12.0. The van der Waals surface area contributed by atoms with E-state index < -0.39 is 7.82 Å². The van der Waals surface area contributed by atoms with Crippen molar-refractivity contribution in [2.75, 3.05) is 13.2 Å². The van der Waals surface area contributed by atoms with Crippen LogP contribution >= 0.6 is 7.82 Å². The SMILES string of the molecule is CCCCCCCCCCCCCCCCCCCCCCOP(=O)(O)OCCCCCCCCCCCCCCCCCCCCCC. The topological polar surface area (TPSA) is 55.8 Å². The summed E-state index contributed by atoms with van der Waals surface area (Å²) < 4.78 is 22.5. The Bertz CT molecular complexity index is 592. The third-order valence-electron chi connectivity index (χ3n) is 10.5. The molecule has 1 N–H and O–H groups in total. The van der Waals surface area contributed by atoms with Gasteiger partial charge in [-0.1, -0.05) is 258 Å². The molecular formula is C44H91O4P. The molecular weight excluding hydrogens is 623 g/mol. The largest absolute Gasteiger partial charge is 0.472 e. The van der Waals surface area contributed by atoms with Crippen molar-refractivity contribution in [2.45, 2.75) is 271 Å². The summed E-state index contributed by atoms with van der Waals surface area (Å²) in [7, 11) is -3.88. The van der Waals surface area contributed by atoms with Crippen molar-refractivity contribution in [1.29, 1.82) is 0 Å². The van der Waals surface area contributed by atoms with E-state index in [1.54, 1.807) is 0 Å². The molecule has 0 aliphatic rings. The number of phosphoric ester groups is 1. The first-order chi connectivity index (χ1) is 24.1. The molecule has 0 aliphatic heterocycles. The van der Waals surface area contributed by atoms with E-state index in [0.717, 1.165) is 25.7 Å². The van der Waals surface area contributed by atoms with E-state index in [4.69, 9.17) is 9.05 Å². The van der Waals surface area contributed by atoms with Gasteiger partial charge < -0.3 is 4.89 Å². The lowest BCUT2D eigenvalue weighted by atomic mass is 10.0. The highest BCUT2D eigenvalue weighted by Crippen LogP contribution is 2.43. The number of rotatable bonds is 44. The summed E-state index contributed by atoms with van der Waals surface area (Å²) in [5.74, 6) is 0. The Kier molecular flexibility index (Phi) is 42.6. The van der Waals surface area contributed by atoms with Crippen molar-refractivity contribution < 1.29 is 18.5 Å². The highest BCUT2D eigenvalue weighted by Gasteiger charge is 2.19. The van der Waals surface area contributed by atoms with Gasteiger partial charge in [0, 0.05) is 0 Å². The molecule has 4 nitrogen and oxygen atoms in total. The fourth-order valence-electron chi connectivity index (χ4n) is 7.11. The summed E-state index contributed by atoms with van der Waals surface area (Å²) in [5, 5.41) is 0. The molecule has 0 aromatic carbocycles. The first kappa shape index (κ1) is 49.1. The van der Waals surface area contributed by atoms with E-state index in [1.807, 2.05) is 0 Å². The minimum Gasteiger partial charge on any atom is -0.302 e. The second-order valence-corrected chi connectivity index (χ2v) is 17.0. The fourth-order valence-corrected chi connectivity index (χ4v) is 7.91. The highest BCUT2D eigenvalue weighted by atomic mass is 31.2. The first-order valence-electron chi connectivity index (χ1n) is 22.7. The molecule has 0 fully saturated rings. The third kappa shape index (κ3) is 44.2. The lowest BCUT2D eigenvalue weighted by molar-refractivity contribution is 0.145. The van der Waals surface area contributed by atoms with Crippen LogP contribution in [0.4, 0.5) is 0 Å². The second kappa shape index (κ2) is 42.5. The number of phosphoric acid groups is 1. The average molecular weight is 715 g/mol. The fraction of sp³-hybridized carbons (Fsp3) is 1.00. The van der Waals surface area contributed by atoms with Crippen LogP contribution in [0.2, 0.25) is 0 Å². The molecule has 0 bridgehead atoms. The second-order valence-electron chi connectivity index (χ2n) is 15.6. The Morgan fingerprint density at radius 3 is 0.592 bits per heavy atom. The van der Waals surface area contributed by atoms with Gasteiger partial charge in [0.2, 0.25) is 0 Å². The van der Waals surface area contributed by atoms with E-state index in [9.17, 15) is 9.46 Å². The van der Waals surface area contributed by atoms with E-state index in [-0.39, 0.29) is 0 Å². The molecule has 0 saturated heterocycles. The zero-order valence-electron chi connectivity index (χ0n) is 33.8. The zero-order chi connectivity index (χ0) is 35.6. The zero-order valence-corrected chi connectivity index (χ0v) is 34.7. The van der Waals surface area contributed by atoms with Gasteiger partial charge in [0.05, 0.1) is 13.2 Å². The number of unbranched alkanes of at least 4 members (excludes halogenated alkanes) is 38. The van der Waals surface area contributed by atoms with Gasteiger partial charge in [-0.15, -0.1) is 0 Å². The van der Waals surface area contributed by atoms with Gasteiger partial charge in [-0.3, -0.25) is 9.05 Å². The van der Waals surface area contributed by atoms with E-state index in [0.29, 0.717) is 13.2 Å². The van der Waals surface area contributed by atoms with E-state index in [2.05, 4.69) is 13.8 Å². The van der Waals surface area contributed by atoms with Crippen LogP contribution in [0.5, 0.6) is 0 Å². The van der Waals surface area contributed by atoms with Crippen molar-refractivity contribution in [3.8, 4) is 0 Å². The lowest BCUT2D eigenvalue weighted by Crippen LogP contribution is -1.99. The minimum atomic E-state index is -3.88. The van der Waals surface area contributed by atoms with Gasteiger partial charge in [-0.25, -0.2) is 4.57 Å². The molecule has 0 radical (unpaired) electrons. The molecule has 296 valence electrons. The Morgan fingerprint density at radius 2 is 0.429 bits per heavy atom. The molecule has 5 heteroatoms.